The van der Waals surface area contributed by atoms with Gasteiger partial charge in [0.05, 0.1) is 6.10 Å². The molecule has 0 aliphatic carbocycles. The molecule has 1 atom stereocenters. The Kier molecular flexibility index (Phi) is 4.72. The predicted octanol–water partition coefficient (Wildman–Crippen LogP) is 3.55. The average molecular weight is 279 g/mol. The second-order valence-electron chi connectivity index (χ2n) is 3.05. The third-order valence-corrected chi connectivity index (χ3v) is 2.84. The van der Waals surface area contributed by atoms with E-state index in [0.29, 0.717) is 0 Å². The van der Waals surface area contributed by atoms with Gasteiger partial charge < -0.3 is 10.1 Å². The summed E-state index contributed by atoms with van der Waals surface area (Å²) in [6.45, 7) is 2.76. The van der Waals surface area contributed by atoms with Crippen LogP contribution in [0.5, 0.6) is 0 Å². The zero-order valence-electron chi connectivity index (χ0n) is 8.18. The summed E-state index contributed by atoms with van der Waals surface area (Å²) >= 11 is 9.31. The minimum atomic E-state index is 0.181. The summed E-state index contributed by atoms with van der Waals surface area (Å²) in [5.41, 5.74) is 0.987. The van der Waals surface area contributed by atoms with Crippen molar-refractivity contribution in [2.45, 2.75) is 13.0 Å². The molecule has 1 N–H and O–H groups in total. The van der Waals surface area contributed by atoms with Crippen LogP contribution < -0.4 is 5.32 Å². The summed E-state index contributed by atoms with van der Waals surface area (Å²) in [5.74, 6) is 0. The summed E-state index contributed by atoms with van der Waals surface area (Å²) in [6, 6.07) is 5.65. The van der Waals surface area contributed by atoms with E-state index in [1.807, 2.05) is 25.1 Å². The molecule has 14 heavy (non-hydrogen) atoms. The van der Waals surface area contributed by atoms with Crippen LogP contribution in [0.3, 0.4) is 0 Å². The molecule has 0 amide bonds. The van der Waals surface area contributed by atoms with Crippen molar-refractivity contribution in [3.63, 3.8) is 0 Å². The van der Waals surface area contributed by atoms with Crippen LogP contribution >= 0.6 is 27.5 Å². The Bertz CT molecular complexity index is 306. The lowest BCUT2D eigenvalue weighted by molar-refractivity contribution is 0.129. The van der Waals surface area contributed by atoms with Crippen molar-refractivity contribution in [2.75, 3.05) is 19.0 Å². The minimum Gasteiger partial charge on any atom is -0.381 e. The van der Waals surface area contributed by atoms with Crippen molar-refractivity contribution >= 4 is 33.2 Å². The summed E-state index contributed by atoms with van der Waals surface area (Å²) in [5, 5.41) is 3.97. The summed E-state index contributed by atoms with van der Waals surface area (Å²) < 4.78 is 6.14. The van der Waals surface area contributed by atoms with Crippen LogP contribution in [0.2, 0.25) is 5.02 Å². The Morgan fingerprint density at radius 1 is 1.57 bits per heavy atom. The number of anilines is 1. The first-order chi connectivity index (χ1) is 6.63. The van der Waals surface area contributed by atoms with Gasteiger partial charge in [0.1, 0.15) is 0 Å². The maximum atomic E-state index is 5.87. The molecule has 78 valence electrons. The number of hydrogen-bond acceptors (Lipinski definition) is 2. The van der Waals surface area contributed by atoms with Crippen LogP contribution in [-0.4, -0.2) is 19.8 Å². The van der Waals surface area contributed by atoms with E-state index in [1.165, 1.54) is 0 Å². The summed E-state index contributed by atoms with van der Waals surface area (Å²) in [6.07, 6.45) is 0.181. The third-order valence-electron chi connectivity index (χ3n) is 1.91. The van der Waals surface area contributed by atoms with E-state index in [4.69, 9.17) is 16.3 Å². The van der Waals surface area contributed by atoms with E-state index < -0.39 is 0 Å². The monoisotopic (exact) mass is 277 g/mol. The highest BCUT2D eigenvalue weighted by molar-refractivity contribution is 9.10. The van der Waals surface area contributed by atoms with E-state index in [0.717, 1.165) is 21.7 Å². The van der Waals surface area contributed by atoms with E-state index in [2.05, 4.69) is 21.2 Å². The molecular weight excluding hydrogens is 265 g/mol. The Morgan fingerprint density at radius 2 is 2.29 bits per heavy atom. The predicted molar refractivity (Wildman–Crippen MR) is 64.1 cm³/mol. The van der Waals surface area contributed by atoms with E-state index in [9.17, 15) is 0 Å². The highest BCUT2D eigenvalue weighted by Gasteiger charge is 2.02. The molecule has 1 unspecified atom stereocenters. The van der Waals surface area contributed by atoms with Crippen molar-refractivity contribution in [1.29, 1.82) is 0 Å². The van der Waals surface area contributed by atoms with E-state index in [-0.39, 0.29) is 6.10 Å². The maximum Gasteiger partial charge on any atom is 0.0715 e. The van der Waals surface area contributed by atoms with Gasteiger partial charge in [0, 0.05) is 28.8 Å². The molecule has 1 aromatic rings. The van der Waals surface area contributed by atoms with Gasteiger partial charge in [0.2, 0.25) is 0 Å². The minimum absolute atomic E-state index is 0.181. The van der Waals surface area contributed by atoms with Crippen LogP contribution in [-0.2, 0) is 4.74 Å². The zero-order valence-corrected chi connectivity index (χ0v) is 10.5. The molecule has 2 nitrogen and oxygen atoms in total. The fraction of sp³-hybridized carbons (Fsp3) is 0.400. The van der Waals surface area contributed by atoms with Crippen molar-refractivity contribution in [3.8, 4) is 0 Å². The van der Waals surface area contributed by atoms with Gasteiger partial charge in [-0.15, -0.1) is 0 Å². The standard InChI is InChI=1S/C10H13BrClNO/c1-7(14-2)6-13-10-5-8(12)3-4-9(10)11/h3-5,7,13H,6H2,1-2H3. The van der Waals surface area contributed by atoms with Crippen LogP contribution in [0.1, 0.15) is 6.92 Å². The lowest BCUT2D eigenvalue weighted by atomic mass is 10.3. The van der Waals surface area contributed by atoms with Crippen molar-refractivity contribution in [2.24, 2.45) is 0 Å². The second-order valence-corrected chi connectivity index (χ2v) is 4.34. The Morgan fingerprint density at radius 3 is 2.93 bits per heavy atom. The molecule has 1 rings (SSSR count). The molecule has 4 heteroatoms. The molecule has 0 saturated carbocycles. The smallest absolute Gasteiger partial charge is 0.0715 e. The number of methoxy groups -OCH3 is 1. The molecule has 0 heterocycles. The molecule has 1 aromatic carbocycles. The zero-order chi connectivity index (χ0) is 10.6. The first kappa shape index (κ1) is 11.8. The van der Waals surface area contributed by atoms with Crippen LogP contribution in [0.4, 0.5) is 5.69 Å². The summed E-state index contributed by atoms with van der Waals surface area (Å²) in [4.78, 5) is 0. The third kappa shape index (κ3) is 3.48. The van der Waals surface area contributed by atoms with E-state index in [1.54, 1.807) is 7.11 Å². The van der Waals surface area contributed by atoms with Gasteiger partial charge >= 0.3 is 0 Å². The molecule has 0 aromatic heterocycles. The van der Waals surface area contributed by atoms with Crippen molar-refractivity contribution < 1.29 is 4.74 Å². The quantitative estimate of drug-likeness (QED) is 0.909. The fourth-order valence-electron chi connectivity index (χ4n) is 0.970. The highest BCUT2D eigenvalue weighted by Crippen LogP contribution is 2.25. The van der Waals surface area contributed by atoms with E-state index >= 15 is 0 Å². The molecule has 0 bridgehead atoms. The first-order valence-corrected chi connectivity index (χ1v) is 5.52. The van der Waals surface area contributed by atoms with Gasteiger partial charge in [-0.3, -0.25) is 0 Å². The molecule has 0 radical (unpaired) electrons. The Hall–Kier alpha value is -0.250. The number of halogens is 2. The highest BCUT2D eigenvalue weighted by atomic mass is 79.9. The molecule has 0 aliphatic heterocycles. The van der Waals surface area contributed by atoms with Gasteiger partial charge in [-0.05, 0) is 41.1 Å². The molecule has 0 saturated heterocycles. The average Bonchev–Trinajstić information content (AvgIpc) is 2.19. The maximum absolute atomic E-state index is 5.87. The normalized spacial score (nSPS) is 12.6. The van der Waals surface area contributed by atoms with Crippen LogP contribution in [0, 0.1) is 0 Å². The molecular formula is C10H13BrClNO. The summed E-state index contributed by atoms with van der Waals surface area (Å²) in [7, 11) is 1.69. The second kappa shape index (κ2) is 5.59. The van der Waals surface area contributed by atoms with Crippen LogP contribution in [0.15, 0.2) is 22.7 Å². The number of ether oxygens (including phenoxy) is 1. The van der Waals surface area contributed by atoms with Gasteiger partial charge in [0.15, 0.2) is 0 Å². The first-order valence-electron chi connectivity index (χ1n) is 4.35. The Labute approximate surface area is 97.7 Å². The van der Waals surface area contributed by atoms with Crippen molar-refractivity contribution in [1.82, 2.24) is 0 Å². The number of nitrogens with one attached hydrogen (secondary N) is 1. The number of benzene rings is 1. The molecule has 0 fully saturated rings. The van der Waals surface area contributed by atoms with Gasteiger partial charge in [0.25, 0.3) is 0 Å². The number of rotatable bonds is 4. The topological polar surface area (TPSA) is 21.3 Å². The lowest BCUT2D eigenvalue weighted by Crippen LogP contribution is -2.18. The molecule has 0 spiro atoms. The largest absolute Gasteiger partial charge is 0.381 e. The lowest BCUT2D eigenvalue weighted by Gasteiger charge is -2.13. The SMILES string of the molecule is COC(C)CNc1cc(Cl)ccc1Br. The van der Waals surface area contributed by atoms with Crippen LogP contribution in [0.25, 0.3) is 0 Å². The number of hydrogen-bond donors (Lipinski definition) is 1. The van der Waals surface area contributed by atoms with Gasteiger partial charge in [-0.1, -0.05) is 11.6 Å². The van der Waals surface area contributed by atoms with Gasteiger partial charge in [-0.2, -0.15) is 0 Å². The van der Waals surface area contributed by atoms with Gasteiger partial charge in [-0.25, -0.2) is 0 Å². The fourth-order valence-corrected chi connectivity index (χ4v) is 1.53. The Balaban J connectivity index is 2.62. The van der Waals surface area contributed by atoms with Crippen molar-refractivity contribution in [3.05, 3.63) is 27.7 Å². The molecule has 0 aliphatic rings.